The van der Waals surface area contributed by atoms with Crippen LogP contribution in [0.4, 0.5) is 5.69 Å². The van der Waals surface area contributed by atoms with Gasteiger partial charge in [0, 0.05) is 24.3 Å². The average Bonchev–Trinajstić information content (AvgIpc) is 2.53. The van der Waals surface area contributed by atoms with Gasteiger partial charge in [0.25, 0.3) is 0 Å². The van der Waals surface area contributed by atoms with E-state index in [1.807, 2.05) is 31.1 Å². The van der Waals surface area contributed by atoms with Gasteiger partial charge in [-0.1, -0.05) is 13.3 Å². The number of anilines is 1. The Kier molecular flexibility index (Phi) is 5.76. The molecule has 1 atom stereocenters. The van der Waals surface area contributed by atoms with Crippen LogP contribution in [0.15, 0.2) is 24.3 Å². The first kappa shape index (κ1) is 16.0. The summed E-state index contributed by atoms with van der Waals surface area (Å²) in [5.74, 6) is 0.218. The SMILES string of the molecule is CCCC(C(=O)c1ccc(N2CCOCC2)cc1)N(C)C. The first-order valence-corrected chi connectivity index (χ1v) is 7.77. The lowest BCUT2D eigenvalue weighted by Gasteiger charge is -2.29. The Hall–Kier alpha value is -1.39. The maximum Gasteiger partial charge on any atom is 0.179 e. The molecule has 0 aliphatic carbocycles. The first-order chi connectivity index (χ1) is 10.1. The highest BCUT2D eigenvalue weighted by Crippen LogP contribution is 2.19. The molecule has 0 spiro atoms. The van der Waals surface area contributed by atoms with Crippen molar-refractivity contribution in [1.82, 2.24) is 4.90 Å². The van der Waals surface area contributed by atoms with E-state index < -0.39 is 0 Å². The summed E-state index contributed by atoms with van der Waals surface area (Å²) in [6.07, 6.45) is 1.91. The van der Waals surface area contributed by atoms with Crippen molar-refractivity contribution in [2.75, 3.05) is 45.3 Å². The monoisotopic (exact) mass is 290 g/mol. The van der Waals surface area contributed by atoms with Crippen LogP contribution in [-0.2, 0) is 4.74 Å². The number of likely N-dealkylation sites (N-methyl/N-ethyl adjacent to an activating group) is 1. The molecular weight excluding hydrogens is 264 g/mol. The van der Waals surface area contributed by atoms with E-state index >= 15 is 0 Å². The molecule has 116 valence electrons. The van der Waals surface area contributed by atoms with Gasteiger partial charge in [-0.05, 0) is 44.8 Å². The Morgan fingerprint density at radius 3 is 2.38 bits per heavy atom. The van der Waals surface area contributed by atoms with Crippen molar-refractivity contribution in [1.29, 1.82) is 0 Å². The van der Waals surface area contributed by atoms with E-state index in [0.29, 0.717) is 0 Å². The van der Waals surface area contributed by atoms with E-state index in [1.165, 1.54) is 5.69 Å². The molecule has 21 heavy (non-hydrogen) atoms. The van der Waals surface area contributed by atoms with Gasteiger partial charge >= 0.3 is 0 Å². The number of rotatable bonds is 6. The second-order valence-electron chi connectivity index (χ2n) is 5.78. The molecule has 1 saturated heterocycles. The zero-order valence-corrected chi connectivity index (χ0v) is 13.3. The summed E-state index contributed by atoms with van der Waals surface area (Å²) >= 11 is 0. The summed E-state index contributed by atoms with van der Waals surface area (Å²) in [7, 11) is 3.95. The largest absolute Gasteiger partial charge is 0.378 e. The molecule has 0 aromatic heterocycles. The molecule has 0 saturated carbocycles. The Bertz CT molecular complexity index is 450. The Morgan fingerprint density at radius 2 is 1.86 bits per heavy atom. The number of ether oxygens (including phenoxy) is 1. The lowest BCUT2D eigenvalue weighted by molar-refractivity contribution is 0.0866. The molecule has 0 amide bonds. The minimum Gasteiger partial charge on any atom is -0.378 e. The van der Waals surface area contributed by atoms with E-state index in [2.05, 4.69) is 24.0 Å². The highest BCUT2D eigenvalue weighted by molar-refractivity contribution is 6.00. The van der Waals surface area contributed by atoms with E-state index in [-0.39, 0.29) is 11.8 Å². The third-order valence-electron chi connectivity index (χ3n) is 4.02. The van der Waals surface area contributed by atoms with Gasteiger partial charge < -0.3 is 9.64 Å². The number of nitrogens with zero attached hydrogens (tertiary/aromatic N) is 2. The van der Waals surface area contributed by atoms with Crippen LogP contribution in [0.1, 0.15) is 30.1 Å². The summed E-state index contributed by atoms with van der Waals surface area (Å²) in [6, 6.07) is 8.00. The van der Waals surface area contributed by atoms with Gasteiger partial charge in [-0.2, -0.15) is 0 Å². The van der Waals surface area contributed by atoms with Crippen LogP contribution in [0.3, 0.4) is 0 Å². The van der Waals surface area contributed by atoms with Crippen LogP contribution in [0.5, 0.6) is 0 Å². The Balaban J connectivity index is 2.08. The second kappa shape index (κ2) is 7.57. The van der Waals surface area contributed by atoms with Crippen LogP contribution in [0.2, 0.25) is 0 Å². The molecule has 1 aromatic rings. The van der Waals surface area contributed by atoms with Crippen LogP contribution in [0, 0.1) is 0 Å². The van der Waals surface area contributed by atoms with E-state index in [1.54, 1.807) is 0 Å². The molecule has 0 N–H and O–H groups in total. The molecule has 1 unspecified atom stereocenters. The van der Waals surface area contributed by atoms with Crippen LogP contribution >= 0.6 is 0 Å². The van der Waals surface area contributed by atoms with Crippen molar-refractivity contribution in [3.63, 3.8) is 0 Å². The summed E-state index contributed by atoms with van der Waals surface area (Å²) in [4.78, 5) is 16.9. The van der Waals surface area contributed by atoms with Crippen LogP contribution < -0.4 is 4.90 Å². The number of Topliss-reactive ketones (excluding diaryl/α,β-unsaturated/α-hetero) is 1. The number of carbonyl (C=O) groups excluding carboxylic acids is 1. The number of hydrogen-bond acceptors (Lipinski definition) is 4. The van der Waals surface area contributed by atoms with Gasteiger partial charge in [-0.15, -0.1) is 0 Å². The van der Waals surface area contributed by atoms with Crippen LogP contribution in [0.25, 0.3) is 0 Å². The quantitative estimate of drug-likeness (QED) is 0.753. The van der Waals surface area contributed by atoms with Crippen molar-refractivity contribution in [2.24, 2.45) is 0 Å². The van der Waals surface area contributed by atoms with Gasteiger partial charge in [0.1, 0.15) is 0 Å². The average molecular weight is 290 g/mol. The third kappa shape index (κ3) is 4.05. The molecule has 0 bridgehead atoms. The fraction of sp³-hybridized carbons (Fsp3) is 0.588. The lowest BCUT2D eigenvalue weighted by atomic mass is 9.99. The standard InChI is InChI=1S/C17H26N2O2/c1-4-5-16(18(2)3)17(20)14-6-8-15(9-7-14)19-10-12-21-13-11-19/h6-9,16H,4-5,10-13H2,1-3H3. The van der Waals surface area contributed by atoms with Gasteiger partial charge in [0.15, 0.2) is 5.78 Å². The van der Waals surface area contributed by atoms with Gasteiger partial charge in [-0.25, -0.2) is 0 Å². The second-order valence-corrected chi connectivity index (χ2v) is 5.78. The van der Waals surface area contributed by atoms with E-state index in [9.17, 15) is 4.79 Å². The Morgan fingerprint density at radius 1 is 1.24 bits per heavy atom. The normalized spacial score (nSPS) is 17.0. The summed E-state index contributed by atoms with van der Waals surface area (Å²) in [6.45, 7) is 5.51. The van der Waals surface area contributed by atoms with Gasteiger partial charge in [-0.3, -0.25) is 9.69 Å². The fourth-order valence-electron chi connectivity index (χ4n) is 2.75. The zero-order chi connectivity index (χ0) is 15.2. The highest BCUT2D eigenvalue weighted by atomic mass is 16.5. The molecule has 1 fully saturated rings. The molecule has 0 radical (unpaired) electrons. The third-order valence-corrected chi connectivity index (χ3v) is 4.02. The fourth-order valence-corrected chi connectivity index (χ4v) is 2.75. The minimum absolute atomic E-state index is 0.0239. The predicted molar refractivity (Wildman–Crippen MR) is 86.2 cm³/mol. The lowest BCUT2D eigenvalue weighted by Crippen LogP contribution is -2.36. The zero-order valence-electron chi connectivity index (χ0n) is 13.3. The molecule has 4 heteroatoms. The molecule has 4 nitrogen and oxygen atoms in total. The Labute approximate surface area is 127 Å². The number of benzene rings is 1. The van der Waals surface area contributed by atoms with Gasteiger partial charge in [0.05, 0.1) is 19.3 Å². The molecule has 1 aliphatic rings. The summed E-state index contributed by atoms with van der Waals surface area (Å²) in [5, 5.41) is 0. The minimum atomic E-state index is -0.0239. The van der Waals surface area contributed by atoms with Crippen molar-refractivity contribution >= 4 is 11.5 Å². The maximum absolute atomic E-state index is 12.6. The predicted octanol–water partition coefficient (Wildman–Crippen LogP) is 2.44. The molecule has 1 aromatic carbocycles. The van der Waals surface area contributed by atoms with E-state index in [0.717, 1.165) is 44.7 Å². The number of carbonyl (C=O) groups is 1. The number of ketones is 1. The first-order valence-electron chi connectivity index (χ1n) is 7.77. The summed E-state index contributed by atoms with van der Waals surface area (Å²) < 4.78 is 5.37. The molecule has 2 rings (SSSR count). The molecule has 1 heterocycles. The smallest absolute Gasteiger partial charge is 0.179 e. The van der Waals surface area contributed by atoms with E-state index in [4.69, 9.17) is 4.74 Å². The van der Waals surface area contributed by atoms with Crippen molar-refractivity contribution in [2.45, 2.75) is 25.8 Å². The molecular formula is C17H26N2O2. The van der Waals surface area contributed by atoms with Crippen molar-refractivity contribution in [3.05, 3.63) is 29.8 Å². The summed E-state index contributed by atoms with van der Waals surface area (Å²) in [5.41, 5.74) is 1.98. The molecule has 1 aliphatic heterocycles. The topological polar surface area (TPSA) is 32.8 Å². The van der Waals surface area contributed by atoms with Crippen molar-refractivity contribution in [3.8, 4) is 0 Å². The highest BCUT2D eigenvalue weighted by Gasteiger charge is 2.21. The van der Waals surface area contributed by atoms with Crippen molar-refractivity contribution < 1.29 is 9.53 Å². The number of hydrogen-bond donors (Lipinski definition) is 0. The van der Waals surface area contributed by atoms with Gasteiger partial charge in [0.2, 0.25) is 0 Å². The number of morpholine rings is 1. The van der Waals surface area contributed by atoms with Crippen LogP contribution in [-0.4, -0.2) is 57.1 Å². The maximum atomic E-state index is 12.6.